The van der Waals surface area contributed by atoms with Crippen molar-refractivity contribution in [2.75, 3.05) is 0 Å². The lowest BCUT2D eigenvalue weighted by atomic mass is 10.2. The molecule has 23 heavy (non-hydrogen) atoms. The predicted octanol–water partition coefficient (Wildman–Crippen LogP) is 4.45. The van der Waals surface area contributed by atoms with Gasteiger partial charge in [-0.15, -0.1) is 10.2 Å². The highest BCUT2D eigenvalue weighted by Gasteiger charge is 2.13. The average molecular weight is 557 g/mol. The molecule has 0 bridgehead atoms. The molecule has 2 aromatic carbocycles. The summed E-state index contributed by atoms with van der Waals surface area (Å²) in [5.74, 6) is 0.889. The second-order valence-electron chi connectivity index (χ2n) is 4.53. The Bertz CT molecular complexity index is 822. The highest BCUT2D eigenvalue weighted by molar-refractivity contribution is 14.1. The molecule has 118 valence electrons. The lowest BCUT2D eigenvalue weighted by Crippen LogP contribution is -2.00. The summed E-state index contributed by atoms with van der Waals surface area (Å²) < 4.78 is 20.8. The number of aromatic amines is 1. The average Bonchev–Trinajstić information content (AvgIpc) is 3.02. The predicted molar refractivity (Wildman–Crippen MR) is 101 cm³/mol. The van der Waals surface area contributed by atoms with Crippen LogP contribution in [0.25, 0.3) is 11.4 Å². The lowest BCUT2D eigenvalue weighted by molar-refractivity contribution is 0.301. The monoisotopic (exact) mass is 556 g/mol. The Labute approximate surface area is 163 Å². The van der Waals surface area contributed by atoms with E-state index in [0.717, 1.165) is 24.0 Å². The third kappa shape index (κ3) is 3.91. The molecule has 0 spiro atoms. The molecule has 0 aliphatic heterocycles. The number of ether oxygens (including phenoxy) is 1. The summed E-state index contributed by atoms with van der Waals surface area (Å²) in [6.07, 6.45) is 0. The fourth-order valence-corrected chi connectivity index (χ4v) is 4.20. The quantitative estimate of drug-likeness (QED) is 0.483. The normalized spacial score (nSPS) is 10.8. The molecule has 0 aliphatic carbocycles. The SMILES string of the molecule is Fc1ccc(COc2c(I)cc(-c3nn[nH]n3)cc2I)c(Cl)c1. The van der Waals surface area contributed by atoms with Crippen molar-refractivity contribution in [3.8, 4) is 17.1 Å². The first-order chi connectivity index (χ1) is 11.0. The maximum atomic E-state index is 13.1. The van der Waals surface area contributed by atoms with Gasteiger partial charge in [-0.05, 0) is 74.7 Å². The van der Waals surface area contributed by atoms with Gasteiger partial charge >= 0.3 is 0 Å². The maximum absolute atomic E-state index is 13.1. The van der Waals surface area contributed by atoms with E-state index in [1.54, 1.807) is 6.07 Å². The number of halogens is 4. The van der Waals surface area contributed by atoms with Crippen LogP contribution < -0.4 is 4.74 Å². The first-order valence-corrected chi connectivity index (χ1v) is 8.87. The Hall–Kier alpha value is -1.01. The van der Waals surface area contributed by atoms with E-state index in [4.69, 9.17) is 16.3 Å². The number of rotatable bonds is 4. The number of hydrogen-bond donors (Lipinski definition) is 1. The zero-order valence-corrected chi connectivity index (χ0v) is 16.4. The van der Waals surface area contributed by atoms with Crippen molar-refractivity contribution in [1.29, 1.82) is 0 Å². The molecule has 5 nitrogen and oxygen atoms in total. The third-order valence-corrected chi connectivity index (χ3v) is 4.94. The molecule has 0 saturated carbocycles. The molecule has 0 radical (unpaired) electrons. The van der Waals surface area contributed by atoms with Crippen molar-refractivity contribution in [2.45, 2.75) is 6.61 Å². The molecule has 9 heteroatoms. The Balaban J connectivity index is 1.83. The molecular formula is C14H8ClFI2N4O. The molecule has 0 amide bonds. The fourth-order valence-electron chi connectivity index (χ4n) is 1.90. The molecule has 3 rings (SSSR count). The Morgan fingerprint density at radius 3 is 2.52 bits per heavy atom. The van der Waals surface area contributed by atoms with Gasteiger partial charge in [0.2, 0.25) is 5.82 Å². The van der Waals surface area contributed by atoms with Crippen LogP contribution in [0.15, 0.2) is 30.3 Å². The van der Waals surface area contributed by atoms with Crippen LogP contribution in [0.4, 0.5) is 4.39 Å². The van der Waals surface area contributed by atoms with Crippen LogP contribution in [0.3, 0.4) is 0 Å². The molecule has 0 unspecified atom stereocenters. The minimum atomic E-state index is -0.368. The van der Waals surface area contributed by atoms with Gasteiger partial charge in [-0.3, -0.25) is 0 Å². The van der Waals surface area contributed by atoms with Crippen LogP contribution in [-0.2, 0) is 6.61 Å². The van der Waals surface area contributed by atoms with Crippen LogP contribution >= 0.6 is 56.8 Å². The summed E-state index contributed by atoms with van der Waals surface area (Å²) in [6.45, 7) is 0.257. The zero-order chi connectivity index (χ0) is 16.4. The number of tetrazole rings is 1. The summed E-state index contributed by atoms with van der Waals surface area (Å²) in [5, 5.41) is 14.3. The number of hydrogen-bond acceptors (Lipinski definition) is 4. The first-order valence-electron chi connectivity index (χ1n) is 6.34. The minimum absolute atomic E-state index is 0.257. The van der Waals surface area contributed by atoms with Crippen LogP contribution in [0.5, 0.6) is 5.75 Å². The van der Waals surface area contributed by atoms with E-state index in [1.807, 2.05) is 12.1 Å². The van der Waals surface area contributed by atoms with E-state index in [2.05, 4.69) is 65.8 Å². The van der Waals surface area contributed by atoms with E-state index in [-0.39, 0.29) is 12.4 Å². The largest absolute Gasteiger partial charge is 0.487 e. The van der Waals surface area contributed by atoms with Crippen molar-refractivity contribution >= 4 is 56.8 Å². The summed E-state index contributed by atoms with van der Waals surface area (Å²) in [6, 6.07) is 8.07. The van der Waals surface area contributed by atoms with E-state index in [1.165, 1.54) is 12.1 Å². The van der Waals surface area contributed by atoms with Gasteiger partial charge in [-0.1, -0.05) is 17.7 Å². The van der Waals surface area contributed by atoms with Gasteiger partial charge in [-0.25, -0.2) is 4.39 Å². The van der Waals surface area contributed by atoms with Crippen LogP contribution in [0, 0.1) is 13.0 Å². The van der Waals surface area contributed by atoms with E-state index < -0.39 is 0 Å². The highest BCUT2D eigenvalue weighted by Crippen LogP contribution is 2.32. The summed E-state index contributed by atoms with van der Waals surface area (Å²) >= 11 is 10.4. The van der Waals surface area contributed by atoms with Crippen molar-refractivity contribution in [3.05, 3.63) is 53.9 Å². The molecule has 3 aromatic rings. The number of benzene rings is 2. The van der Waals surface area contributed by atoms with Gasteiger partial charge in [0.15, 0.2) is 0 Å². The standard InChI is InChI=1S/C14H8ClFI2N4O/c15-10-5-9(16)2-1-7(10)6-23-13-11(17)3-8(4-12(13)18)14-19-21-22-20-14/h1-5H,6H2,(H,19,20,21,22). The lowest BCUT2D eigenvalue weighted by Gasteiger charge is -2.12. The Morgan fingerprint density at radius 1 is 1.17 bits per heavy atom. The topological polar surface area (TPSA) is 63.7 Å². The van der Waals surface area contributed by atoms with Crippen LogP contribution in [0.1, 0.15) is 5.56 Å². The Kier molecular flexibility index (Phi) is 5.31. The minimum Gasteiger partial charge on any atom is -0.487 e. The van der Waals surface area contributed by atoms with Gasteiger partial charge in [0.1, 0.15) is 18.2 Å². The number of nitrogens with one attached hydrogen (secondary N) is 1. The van der Waals surface area contributed by atoms with E-state index in [9.17, 15) is 4.39 Å². The molecule has 0 aliphatic rings. The van der Waals surface area contributed by atoms with Crippen molar-refractivity contribution in [2.24, 2.45) is 0 Å². The summed E-state index contributed by atoms with van der Waals surface area (Å²) in [5.41, 5.74) is 1.57. The molecule has 1 heterocycles. The molecule has 0 atom stereocenters. The van der Waals surface area contributed by atoms with E-state index in [0.29, 0.717) is 10.8 Å². The van der Waals surface area contributed by atoms with Crippen LogP contribution in [0.2, 0.25) is 5.02 Å². The number of H-pyrrole nitrogens is 1. The van der Waals surface area contributed by atoms with Crippen LogP contribution in [-0.4, -0.2) is 20.6 Å². The second kappa shape index (κ2) is 7.26. The molecule has 1 aromatic heterocycles. The fraction of sp³-hybridized carbons (Fsp3) is 0.0714. The first kappa shape index (κ1) is 16.8. The number of nitrogens with zero attached hydrogens (tertiary/aromatic N) is 3. The van der Waals surface area contributed by atoms with Gasteiger partial charge in [0, 0.05) is 11.1 Å². The molecule has 0 saturated heterocycles. The van der Waals surface area contributed by atoms with E-state index >= 15 is 0 Å². The van der Waals surface area contributed by atoms with Crippen molar-refractivity contribution in [3.63, 3.8) is 0 Å². The molecular weight excluding hydrogens is 548 g/mol. The Morgan fingerprint density at radius 2 is 1.91 bits per heavy atom. The summed E-state index contributed by atoms with van der Waals surface area (Å²) in [7, 11) is 0. The number of aromatic nitrogens is 4. The van der Waals surface area contributed by atoms with Gasteiger partial charge < -0.3 is 4.74 Å². The van der Waals surface area contributed by atoms with Crippen molar-refractivity contribution in [1.82, 2.24) is 20.6 Å². The smallest absolute Gasteiger partial charge is 0.204 e. The van der Waals surface area contributed by atoms with Gasteiger partial charge in [-0.2, -0.15) is 5.21 Å². The molecule has 0 fully saturated rings. The maximum Gasteiger partial charge on any atom is 0.204 e. The third-order valence-electron chi connectivity index (χ3n) is 2.99. The van der Waals surface area contributed by atoms with Gasteiger partial charge in [0.25, 0.3) is 0 Å². The second-order valence-corrected chi connectivity index (χ2v) is 7.26. The zero-order valence-electron chi connectivity index (χ0n) is 11.4. The molecule has 1 N–H and O–H groups in total. The van der Waals surface area contributed by atoms with Gasteiger partial charge in [0.05, 0.1) is 12.2 Å². The highest BCUT2D eigenvalue weighted by atomic mass is 127. The van der Waals surface area contributed by atoms with Crippen molar-refractivity contribution < 1.29 is 9.13 Å². The summed E-state index contributed by atoms with van der Waals surface area (Å²) in [4.78, 5) is 0.